The van der Waals surface area contributed by atoms with Gasteiger partial charge in [0, 0.05) is 39.3 Å². The highest BCUT2D eigenvalue weighted by atomic mass is 35.5. The number of carbonyl (C=O) groups excluding carboxylic acids is 1. The van der Waals surface area contributed by atoms with Gasteiger partial charge in [-0.3, -0.25) is 9.69 Å². The molecule has 0 aromatic heterocycles. The molecule has 1 aliphatic rings. The minimum atomic E-state index is -4.37. The maximum Gasteiger partial charge on any atom is 0.405 e. The molecule has 1 saturated heterocycles. The van der Waals surface area contributed by atoms with Gasteiger partial charge in [0.2, 0.25) is 5.91 Å². The van der Waals surface area contributed by atoms with Crippen LogP contribution in [0.2, 0.25) is 0 Å². The second-order valence-electron chi connectivity index (χ2n) is 4.90. The van der Waals surface area contributed by atoms with E-state index in [4.69, 9.17) is 9.47 Å². The van der Waals surface area contributed by atoms with E-state index >= 15 is 0 Å². The number of nitrogens with zero attached hydrogens (tertiary/aromatic N) is 1. The molecule has 2 N–H and O–H groups in total. The van der Waals surface area contributed by atoms with Crippen LogP contribution in [0.25, 0.3) is 0 Å². The molecule has 0 aromatic rings. The predicted molar refractivity (Wildman–Crippen MR) is 81.9 cm³/mol. The molecule has 1 amide bonds. The average molecular weight is 364 g/mol. The highest BCUT2D eigenvalue weighted by molar-refractivity contribution is 5.85. The zero-order chi connectivity index (χ0) is 16.4. The van der Waals surface area contributed by atoms with Gasteiger partial charge >= 0.3 is 6.18 Å². The number of hydrogen-bond acceptors (Lipinski definition) is 5. The minimum Gasteiger partial charge on any atom is -0.379 e. The first-order valence-electron chi connectivity index (χ1n) is 7.38. The fraction of sp³-hybridized carbons (Fsp3) is 0.923. The van der Waals surface area contributed by atoms with E-state index in [1.165, 1.54) is 4.90 Å². The lowest BCUT2D eigenvalue weighted by molar-refractivity contribution is -0.184. The summed E-state index contributed by atoms with van der Waals surface area (Å²) in [6, 6.07) is -1.66. The first-order valence-corrected chi connectivity index (χ1v) is 7.38. The van der Waals surface area contributed by atoms with Crippen molar-refractivity contribution in [2.45, 2.75) is 19.1 Å². The second-order valence-corrected chi connectivity index (χ2v) is 4.90. The maximum atomic E-state index is 13.1. The first-order chi connectivity index (χ1) is 10.4. The summed E-state index contributed by atoms with van der Waals surface area (Å²) in [6.07, 6.45) is -4.37. The fourth-order valence-corrected chi connectivity index (χ4v) is 2.13. The summed E-state index contributed by atoms with van der Waals surface area (Å²) in [7, 11) is 0. The summed E-state index contributed by atoms with van der Waals surface area (Å²) in [5, 5.41) is 5.29. The zero-order valence-corrected chi connectivity index (χ0v) is 14.0. The zero-order valence-electron chi connectivity index (χ0n) is 13.2. The van der Waals surface area contributed by atoms with Gasteiger partial charge in [0.15, 0.2) is 0 Å². The fourth-order valence-electron chi connectivity index (χ4n) is 2.13. The smallest absolute Gasteiger partial charge is 0.379 e. The van der Waals surface area contributed by atoms with Crippen molar-refractivity contribution in [2.24, 2.45) is 0 Å². The van der Waals surface area contributed by atoms with Crippen molar-refractivity contribution >= 4 is 18.3 Å². The number of alkyl halides is 3. The quantitative estimate of drug-likeness (QED) is 0.581. The van der Waals surface area contributed by atoms with Gasteiger partial charge in [-0.1, -0.05) is 0 Å². The van der Waals surface area contributed by atoms with Crippen LogP contribution in [0.5, 0.6) is 0 Å². The standard InChI is InChI=1S/C13H24F3N3O3.ClH/c1-2-21-7-8-22-10-12(20)18-9-11(13(14,15)16)19-5-3-17-4-6-19;/h11,17H,2-10H2,1H3,(H,18,20);1H. The molecule has 1 unspecified atom stereocenters. The normalized spacial score (nSPS) is 17.4. The Morgan fingerprint density at radius 3 is 2.43 bits per heavy atom. The third kappa shape index (κ3) is 9.31. The molecule has 0 aliphatic carbocycles. The van der Waals surface area contributed by atoms with Gasteiger partial charge in [-0.05, 0) is 6.92 Å². The van der Waals surface area contributed by atoms with Crippen LogP contribution in [-0.2, 0) is 14.3 Å². The Labute approximate surface area is 140 Å². The molecule has 1 rings (SSSR count). The molecule has 0 spiro atoms. The molecule has 6 nitrogen and oxygen atoms in total. The van der Waals surface area contributed by atoms with Crippen molar-refractivity contribution in [3.63, 3.8) is 0 Å². The van der Waals surface area contributed by atoms with Gasteiger partial charge < -0.3 is 20.1 Å². The summed E-state index contributed by atoms with van der Waals surface area (Å²) in [6.45, 7) is 3.90. The van der Waals surface area contributed by atoms with Gasteiger partial charge in [0.25, 0.3) is 0 Å². The molecule has 10 heteroatoms. The summed E-state index contributed by atoms with van der Waals surface area (Å²) < 4.78 is 49.3. The van der Waals surface area contributed by atoms with Gasteiger partial charge in [-0.2, -0.15) is 13.2 Å². The number of hydrogen-bond donors (Lipinski definition) is 2. The van der Waals surface area contributed by atoms with Crippen molar-refractivity contribution < 1.29 is 27.4 Å². The van der Waals surface area contributed by atoms with E-state index in [2.05, 4.69) is 10.6 Å². The predicted octanol–water partition coefficient (Wildman–Crippen LogP) is 0.414. The molecule has 0 radical (unpaired) electrons. The van der Waals surface area contributed by atoms with E-state index < -0.39 is 24.7 Å². The monoisotopic (exact) mass is 363 g/mol. The molecule has 23 heavy (non-hydrogen) atoms. The largest absolute Gasteiger partial charge is 0.405 e. The Morgan fingerprint density at radius 1 is 1.26 bits per heavy atom. The Morgan fingerprint density at radius 2 is 1.87 bits per heavy atom. The maximum absolute atomic E-state index is 13.1. The molecule has 138 valence electrons. The molecule has 0 bridgehead atoms. The number of amides is 1. The van der Waals surface area contributed by atoms with Crippen molar-refractivity contribution in [1.29, 1.82) is 0 Å². The number of halogens is 4. The highest BCUT2D eigenvalue weighted by Crippen LogP contribution is 2.24. The van der Waals surface area contributed by atoms with E-state index in [0.717, 1.165) is 0 Å². The molecule has 0 aromatic carbocycles. The minimum absolute atomic E-state index is 0. The van der Waals surface area contributed by atoms with Gasteiger partial charge in [-0.15, -0.1) is 12.4 Å². The average Bonchev–Trinajstić information content (AvgIpc) is 2.47. The van der Waals surface area contributed by atoms with Crippen LogP contribution in [0.4, 0.5) is 13.2 Å². The van der Waals surface area contributed by atoms with Gasteiger partial charge in [0.1, 0.15) is 12.6 Å². The Bertz CT molecular complexity index is 329. The van der Waals surface area contributed by atoms with E-state index in [1.54, 1.807) is 0 Å². The van der Waals surface area contributed by atoms with Crippen LogP contribution in [0.15, 0.2) is 0 Å². The number of ether oxygens (including phenoxy) is 2. The molecule has 1 atom stereocenters. The molecule has 1 fully saturated rings. The molecule has 1 aliphatic heterocycles. The summed E-state index contributed by atoms with van der Waals surface area (Å²) in [4.78, 5) is 12.9. The van der Waals surface area contributed by atoms with E-state index in [9.17, 15) is 18.0 Å². The molecule has 0 saturated carbocycles. The molecular weight excluding hydrogens is 339 g/mol. The van der Waals surface area contributed by atoms with Crippen LogP contribution >= 0.6 is 12.4 Å². The van der Waals surface area contributed by atoms with Crippen molar-refractivity contribution in [1.82, 2.24) is 15.5 Å². The van der Waals surface area contributed by atoms with Gasteiger partial charge in [-0.25, -0.2) is 0 Å². The summed E-state index contributed by atoms with van der Waals surface area (Å²) in [5.41, 5.74) is 0. The molecule has 1 heterocycles. The summed E-state index contributed by atoms with van der Waals surface area (Å²) in [5.74, 6) is -0.555. The van der Waals surface area contributed by atoms with Crippen LogP contribution in [0.3, 0.4) is 0 Å². The first kappa shape index (κ1) is 22.4. The van der Waals surface area contributed by atoms with E-state index in [0.29, 0.717) is 39.4 Å². The van der Waals surface area contributed by atoms with E-state index in [1.807, 2.05) is 6.92 Å². The Hall–Kier alpha value is -0.610. The third-order valence-corrected chi connectivity index (χ3v) is 3.27. The van der Waals surface area contributed by atoms with Crippen molar-refractivity contribution in [3.05, 3.63) is 0 Å². The van der Waals surface area contributed by atoms with Crippen LogP contribution in [0, 0.1) is 0 Å². The van der Waals surface area contributed by atoms with E-state index in [-0.39, 0.29) is 25.6 Å². The number of carbonyl (C=O) groups is 1. The lowest BCUT2D eigenvalue weighted by Gasteiger charge is -2.35. The number of nitrogens with one attached hydrogen (secondary N) is 2. The molecular formula is C13H25ClF3N3O3. The highest BCUT2D eigenvalue weighted by Gasteiger charge is 2.43. The second kappa shape index (κ2) is 11.9. The number of piperazine rings is 1. The van der Waals surface area contributed by atoms with Crippen molar-refractivity contribution in [2.75, 3.05) is 59.2 Å². The third-order valence-electron chi connectivity index (χ3n) is 3.27. The van der Waals surface area contributed by atoms with Crippen LogP contribution in [0.1, 0.15) is 6.92 Å². The Balaban J connectivity index is 0.00000484. The van der Waals surface area contributed by atoms with Crippen molar-refractivity contribution in [3.8, 4) is 0 Å². The lowest BCUT2D eigenvalue weighted by Crippen LogP contribution is -2.57. The number of rotatable bonds is 9. The topological polar surface area (TPSA) is 62.8 Å². The van der Waals surface area contributed by atoms with Crippen LogP contribution in [-0.4, -0.2) is 82.2 Å². The lowest BCUT2D eigenvalue weighted by atomic mass is 10.2. The van der Waals surface area contributed by atoms with Gasteiger partial charge in [0.05, 0.1) is 13.2 Å². The SMILES string of the molecule is CCOCCOCC(=O)NCC(N1CCNCC1)C(F)(F)F.Cl. The van der Waals surface area contributed by atoms with Crippen LogP contribution < -0.4 is 10.6 Å². The Kier molecular flexibility index (Phi) is 11.5. The summed E-state index contributed by atoms with van der Waals surface area (Å²) >= 11 is 0.